The van der Waals surface area contributed by atoms with Crippen LogP contribution in [0.15, 0.2) is 53.5 Å². The van der Waals surface area contributed by atoms with Crippen LogP contribution in [0.3, 0.4) is 0 Å². The first-order valence-electron chi connectivity index (χ1n) is 9.41. The molecule has 5 nitrogen and oxygen atoms in total. The smallest absolute Gasteiger partial charge is 0.356 e. The van der Waals surface area contributed by atoms with Gasteiger partial charge in [-0.15, -0.1) is 24.0 Å². The Labute approximate surface area is 190 Å². The molecule has 0 spiro atoms. The van der Waals surface area contributed by atoms with Crippen molar-refractivity contribution in [2.75, 3.05) is 13.6 Å². The van der Waals surface area contributed by atoms with E-state index < -0.39 is 11.7 Å². The van der Waals surface area contributed by atoms with Crippen LogP contribution in [-0.2, 0) is 19.3 Å². The highest BCUT2D eigenvalue weighted by Gasteiger charge is 2.30. The lowest BCUT2D eigenvalue weighted by molar-refractivity contribution is -0.137. The van der Waals surface area contributed by atoms with Crippen molar-refractivity contribution in [3.8, 4) is 0 Å². The molecule has 1 aromatic heterocycles. The van der Waals surface area contributed by atoms with Gasteiger partial charge >= 0.3 is 6.18 Å². The number of halogens is 4. The minimum Gasteiger partial charge on any atom is -0.356 e. The van der Waals surface area contributed by atoms with Gasteiger partial charge in [-0.1, -0.05) is 24.3 Å². The van der Waals surface area contributed by atoms with Crippen molar-refractivity contribution in [2.45, 2.75) is 32.6 Å². The zero-order valence-corrected chi connectivity index (χ0v) is 19.2. The molecular formula is C21H25F3IN5. The molecule has 0 saturated heterocycles. The zero-order chi connectivity index (χ0) is 20.9. The van der Waals surface area contributed by atoms with E-state index in [1.54, 1.807) is 13.1 Å². The number of imidazole rings is 1. The van der Waals surface area contributed by atoms with Crippen molar-refractivity contribution in [2.24, 2.45) is 4.99 Å². The summed E-state index contributed by atoms with van der Waals surface area (Å²) in [4.78, 5) is 8.69. The molecule has 0 radical (unpaired) electrons. The number of hydrogen-bond acceptors (Lipinski definition) is 2. The van der Waals surface area contributed by atoms with E-state index in [0.29, 0.717) is 18.1 Å². The first-order chi connectivity index (χ1) is 13.9. The standard InChI is InChI=1S/C21H24F3N5.HI/c1-15-28-18-9-3-4-10-19(18)29(15)12-6-11-26-20(25-2)27-14-16-7-5-8-17(13-16)21(22,23)24;/h3-5,7-10,13H,6,11-12,14H2,1-2H3,(H2,25,26,27);1H. The minimum absolute atomic E-state index is 0. The average Bonchev–Trinajstić information content (AvgIpc) is 3.02. The van der Waals surface area contributed by atoms with Crippen LogP contribution in [-0.4, -0.2) is 29.1 Å². The van der Waals surface area contributed by atoms with Crippen molar-refractivity contribution >= 4 is 41.0 Å². The third-order valence-corrected chi connectivity index (χ3v) is 4.63. The third-order valence-electron chi connectivity index (χ3n) is 4.63. The van der Waals surface area contributed by atoms with E-state index >= 15 is 0 Å². The number of fused-ring (bicyclic) bond motifs is 1. The normalized spacial score (nSPS) is 12.0. The molecule has 3 aromatic rings. The molecule has 2 aromatic carbocycles. The molecule has 0 aliphatic heterocycles. The number of aryl methyl sites for hydroxylation is 2. The monoisotopic (exact) mass is 531 g/mol. The third kappa shape index (κ3) is 6.10. The van der Waals surface area contributed by atoms with Crippen molar-refractivity contribution in [1.29, 1.82) is 0 Å². The van der Waals surface area contributed by atoms with E-state index in [1.807, 2.05) is 25.1 Å². The summed E-state index contributed by atoms with van der Waals surface area (Å²) in [6.45, 7) is 3.73. The van der Waals surface area contributed by atoms with Gasteiger partial charge < -0.3 is 15.2 Å². The van der Waals surface area contributed by atoms with Crippen LogP contribution < -0.4 is 10.6 Å². The number of para-hydroxylation sites is 2. The van der Waals surface area contributed by atoms with Crippen molar-refractivity contribution in [1.82, 2.24) is 20.2 Å². The number of nitrogens with one attached hydrogen (secondary N) is 2. The van der Waals surface area contributed by atoms with Gasteiger partial charge in [0.2, 0.25) is 0 Å². The van der Waals surface area contributed by atoms with Crippen LogP contribution >= 0.6 is 24.0 Å². The van der Waals surface area contributed by atoms with E-state index in [-0.39, 0.29) is 30.5 Å². The maximum atomic E-state index is 12.8. The quantitative estimate of drug-likeness (QED) is 0.209. The highest BCUT2D eigenvalue weighted by Crippen LogP contribution is 2.29. The summed E-state index contributed by atoms with van der Waals surface area (Å²) >= 11 is 0. The molecule has 0 saturated carbocycles. The SMILES string of the molecule is CN=C(NCCCn1c(C)nc2ccccc21)NCc1cccc(C(F)(F)F)c1.I. The fraction of sp³-hybridized carbons (Fsp3) is 0.333. The number of aliphatic imine (C=N–C) groups is 1. The van der Waals surface area contributed by atoms with Crippen LogP contribution in [0, 0.1) is 6.92 Å². The van der Waals surface area contributed by atoms with Crippen molar-refractivity contribution in [3.05, 3.63) is 65.5 Å². The Balaban J connectivity index is 0.00000320. The lowest BCUT2D eigenvalue weighted by Crippen LogP contribution is -2.37. The Morgan fingerprint density at radius 2 is 1.87 bits per heavy atom. The molecule has 2 N–H and O–H groups in total. The molecule has 162 valence electrons. The number of nitrogens with zero attached hydrogens (tertiary/aromatic N) is 3. The van der Waals surface area contributed by atoms with Gasteiger partial charge in [-0.25, -0.2) is 4.98 Å². The summed E-state index contributed by atoms with van der Waals surface area (Å²) in [6, 6.07) is 13.3. The lowest BCUT2D eigenvalue weighted by Gasteiger charge is -2.14. The fourth-order valence-corrected chi connectivity index (χ4v) is 3.19. The number of rotatable bonds is 6. The van der Waals surface area contributed by atoms with Gasteiger partial charge in [-0.05, 0) is 43.2 Å². The summed E-state index contributed by atoms with van der Waals surface area (Å²) in [7, 11) is 1.63. The molecule has 0 unspecified atom stereocenters. The van der Waals surface area contributed by atoms with Gasteiger partial charge in [0.05, 0.1) is 16.6 Å². The van der Waals surface area contributed by atoms with Crippen LogP contribution in [0.4, 0.5) is 13.2 Å². The minimum atomic E-state index is -4.34. The summed E-state index contributed by atoms with van der Waals surface area (Å²) in [5.74, 6) is 1.52. The molecule has 0 fully saturated rings. The second-order valence-corrected chi connectivity index (χ2v) is 6.70. The maximum Gasteiger partial charge on any atom is 0.416 e. The average molecular weight is 531 g/mol. The fourth-order valence-electron chi connectivity index (χ4n) is 3.19. The van der Waals surface area contributed by atoms with Crippen LogP contribution in [0.25, 0.3) is 11.0 Å². The van der Waals surface area contributed by atoms with Gasteiger partial charge in [-0.2, -0.15) is 13.2 Å². The predicted octanol–water partition coefficient (Wildman–Crippen LogP) is 4.74. The largest absolute Gasteiger partial charge is 0.416 e. The van der Waals surface area contributed by atoms with Gasteiger partial charge in [0.1, 0.15) is 5.82 Å². The predicted molar refractivity (Wildman–Crippen MR) is 124 cm³/mol. The first-order valence-corrected chi connectivity index (χ1v) is 9.41. The highest BCUT2D eigenvalue weighted by atomic mass is 127. The van der Waals surface area contributed by atoms with E-state index in [9.17, 15) is 13.2 Å². The van der Waals surface area contributed by atoms with E-state index in [2.05, 4.69) is 31.2 Å². The number of guanidine groups is 1. The Morgan fingerprint density at radius 3 is 2.60 bits per heavy atom. The van der Waals surface area contributed by atoms with Crippen molar-refractivity contribution in [3.63, 3.8) is 0 Å². The molecule has 0 bridgehead atoms. The molecule has 0 aliphatic carbocycles. The summed E-state index contributed by atoms with van der Waals surface area (Å²) in [5.41, 5.74) is 1.99. The summed E-state index contributed by atoms with van der Waals surface area (Å²) < 4.78 is 40.6. The van der Waals surface area contributed by atoms with Gasteiger partial charge in [0.25, 0.3) is 0 Å². The molecule has 0 amide bonds. The van der Waals surface area contributed by atoms with Gasteiger partial charge in [-0.3, -0.25) is 4.99 Å². The topological polar surface area (TPSA) is 54.2 Å². The van der Waals surface area contributed by atoms with Crippen molar-refractivity contribution < 1.29 is 13.2 Å². The highest BCUT2D eigenvalue weighted by molar-refractivity contribution is 14.0. The Kier molecular flexibility index (Phi) is 8.51. The number of hydrogen-bond donors (Lipinski definition) is 2. The first kappa shape index (κ1) is 24.0. The van der Waals surface area contributed by atoms with Crippen LogP contribution in [0.1, 0.15) is 23.4 Å². The molecular weight excluding hydrogens is 506 g/mol. The molecule has 3 rings (SSSR count). The Morgan fingerprint density at radius 1 is 1.10 bits per heavy atom. The van der Waals surface area contributed by atoms with Crippen LogP contribution in [0.5, 0.6) is 0 Å². The maximum absolute atomic E-state index is 12.8. The number of benzene rings is 2. The van der Waals surface area contributed by atoms with E-state index in [0.717, 1.165) is 42.0 Å². The molecule has 1 heterocycles. The van der Waals surface area contributed by atoms with Crippen LogP contribution in [0.2, 0.25) is 0 Å². The molecule has 9 heteroatoms. The Hall–Kier alpha value is -2.30. The van der Waals surface area contributed by atoms with Gasteiger partial charge in [0, 0.05) is 26.7 Å². The lowest BCUT2D eigenvalue weighted by atomic mass is 10.1. The molecule has 30 heavy (non-hydrogen) atoms. The number of alkyl halides is 3. The summed E-state index contributed by atoms with van der Waals surface area (Å²) in [6.07, 6.45) is -3.49. The van der Waals surface area contributed by atoms with E-state index in [1.165, 1.54) is 6.07 Å². The second-order valence-electron chi connectivity index (χ2n) is 6.70. The van der Waals surface area contributed by atoms with Gasteiger partial charge in [0.15, 0.2) is 5.96 Å². The van der Waals surface area contributed by atoms with E-state index in [4.69, 9.17) is 0 Å². The summed E-state index contributed by atoms with van der Waals surface area (Å²) in [5, 5.41) is 6.25. The molecule has 0 atom stereocenters. The zero-order valence-electron chi connectivity index (χ0n) is 16.8. The number of aromatic nitrogens is 2. The Bertz CT molecular complexity index is 998. The second kappa shape index (κ2) is 10.6. The molecule has 0 aliphatic rings.